The van der Waals surface area contributed by atoms with Gasteiger partial charge in [-0.05, 0) is 0 Å². The van der Waals surface area contributed by atoms with Crippen molar-refractivity contribution in [1.82, 2.24) is 20.3 Å². The number of rotatable bonds is 6. The molecule has 0 aromatic carbocycles. The molecule has 10 heteroatoms. The first kappa shape index (κ1) is 14.9. The van der Waals surface area contributed by atoms with Gasteiger partial charge in [-0.25, -0.2) is 4.68 Å². The Kier molecular flexibility index (Phi) is 4.84. The molecule has 0 saturated carbocycles. The van der Waals surface area contributed by atoms with Crippen LogP contribution in [0.3, 0.4) is 0 Å². The van der Waals surface area contributed by atoms with Gasteiger partial charge in [-0.15, -0.1) is 5.10 Å². The van der Waals surface area contributed by atoms with Gasteiger partial charge in [0.15, 0.2) is 0 Å². The molecule has 7 nitrogen and oxygen atoms in total. The monoisotopic (exact) mass is 280 g/mol. The number of nitrogens with one attached hydrogen (secondary N) is 1. The average molecular weight is 280 g/mol. The van der Waals surface area contributed by atoms with Crippen molar-refractivity contribution in [1.29, 1.82) is 0 Å². The van der Waals surface area contributed by atoms with E-state index in [0.717, 1.165) is 4.68 Å². The van der Waals surface area contributed by atoms with Crippen molar-refractivity contribution in [3.8, 4) is 0 Å². The number of hydrogen-bond acceptors (Lipinski definition) is 4. The highest BCUT2D eigenvalue weighted by molar-refractivity contribution is 5.75. The largest absolute Gasteiger partial charge is 0.480 e. The van der Waals surface area contributed by atoms with Crippen molar-refractivity contribution in [2.75, 3.05) is 0 Å². The zero-order valence-electron chi connectivity index (χ0n) is 9.65. The lowest BCUT2D eigenvalue weighted by molar-refractivity contribution is -0.144. The van der Waals surface area contributed by atoms with Crippen LogP contribution in [0.2, 0.25) is 0 Å². The fourth-order valence-corrected chi connectivity index (χ4v) is 1.17. The Bertz CT molecular complexity index is 458. The van der Waals surface area contributed by atoms with Crippen LogP contribution in [0.5, 0.6) is 0 Å². The predicted octanol–water partition coefficient (Wildman–Crippen LogP) is 0.321. The summed E-state index contributed by atoms with van der Waals surface area (Å²) in [5.41, 5.74) is 0.265. The summed E-state index contributed by atoms with van der Waals surface area (Å²) < 4.78 is 36.6. The molecule has 2 N–H and O–H groups in total. The summed E-state index contributed by atoms with van der Waals surface area (Å²) in [6.45, 7) is -0.481. The summed E-state index contributed by atoms with van der Waals surface area (Å²) in [5.74, 6) is -1.87. The van der Waals surface area contributed by atoms with Gasteiger partial charge in [-0.3, -0.25) is 9.59 Å². The van der Waals surface area contributed by atoms with E-state index >= 15 is 0 Å². The maximum Gasteiger partial charge on any atom is 0.389 e. The highest BCUT2D eigenvalue weighted by Gasteiger charge is 2.27. The van der Waals surface area contributed by atoms with E-state index in [4.69, 9.17) is 5.11 Å². The standard InChI is InChI=1S/C9H11F3N4O3/c10-9(11,12)2-1-7(17)13-3-6-4-16(15-14-6)5-8(18)19/h4H,1-3,5H2,(H,13,17)(H,18,19). The molecule has 0 spiro atoms. The number of aromatic nitrogens is 3. The Morgan fingerprint density at radius 2 is 2.11 bits per heavy atom. The van der Waals surface area contributed by atoms with Crippen molar-refractivity contribution in [3.05, 3.63) is 11.9 Å². The lowest BCUT2D eigenvalue weighted by Crippen LogP contribution is -2.24. The maximum absolute atomic E-state index is 11.8. The minimum atomic E-state index is -4.37. The van der Waals surface area contributed by atoms with Gasteiger partial charge in [-0.2, -0.15) is 13.2 Å². The second-order valence-corrected chi connectivity index (χ2v) is 3.69. The van der Waals surface area contributed by atoms with Crippen molar-refractivity contribution < 1.29 is 27.9 Å². The third-order valence-corrected chi connectivity index (χ3v) is 1.99. The zero-order chi connectivity index (χ0) is 14.5. The molecule has 1 rings (SSSR count). The smallest absolute Gasteiger partial charge is 0.389 e. The molecule has 0 aliphatic heterocycles. The predicted molar refractivity (Wildman–Crippen MR) is 54.8 cm³/mol. The van der Waals surface area contributed by atoms with Gasteiger partial charge in [0.1, 0.15) is 12.2 Å². The number of halogens is 3. The van der Waals surface area contributed by atoms with Crippen LogP contribution < -0.4 is 5.32 Å². The van der Waals surface area contributed by atoms with Crippen molar-refractivity contribution >= 4 is 11.9 Å². The molecule has 0 fully saturated rings. The first-order valence-electron chi connectivity index (χ1n) is 5.20. The Labute approximate surface area is 105 Å². The van der Waals surface area contributed by atoms with Crippen molar-refractivity contribution in [3.63, 3.8) is 0 Å². The molecule has 1 heterocycles. The Morgan fingerprint density at radius 1 is 1.42 bits per heavy atom. The average Bonchev–Trinajstić information content (AvgIpc) is 2.69. The molecule has 0 aliphatic rings. The molecule has 0 atom stereocenters. The van der Waals surface area contributed by atoms with E-state index in [0.29, 0.717) is 0 Å². The number of hydrogen-bond donors (Lipinski definition) is 2. The second-order valence-electron chi connectivity index (χ2n) is 3.69. The number of amides is 1. The lowest BCUT2D eigenvalue weighted by atomic mass is 10.3. The maximum atomic E-state index is 11.8. The number of aliphatic carboxylic acids is 1. The summed E-state index contributed by atoms with van der Waals surface area (Å²) in [6.07, 6.45) is -4.93. The molecule has 0 radical (unpaired) electrons. The molecule has 0 bridgehead atoms. The van der Waals surface area contributed by atoms with Crippen molar-refractivity contribution in [2.24, 2.45) is 0 Å². The minimum absolute atomic E-state index is 0.101. The van der Waals surface area contributed by atoms with Crippen LogP contribution in [0.1, 0.15) is 18.5 Å². The summed E-state index contributed by atoms with van der Waals surface area (Å²) in [6, 6.07) is 0. The van der Waals surface area contributed by atoms with E-state index in [1.807, 2.05) is 0 Å². The quantitative estimate of drug-likeness (QED) is 0.782. The van der Waals surface area contributed by atoms with Crippen LogP contribution in [-0.2, 0) is 22.7 Å². The Balaban J connectivity index is 2.34. The number of carbonyl (C=O) groups is 2. The topological polar surface area (TPSA) is 97.1 Å². The normalized spacial score (nSPS) is 11.3. The molecule has 1 aromatic heterocycles. The first-order valence-corrected chi connectivity index (χ1v) is 5.20. The number of carboxylic acid groups (broad SMARTS) is 1. The molecule has 1 aromatic rings. The SMILES string of the molecule is O=C(O)Cn1cc(CNC(=O)CCC(F)(F)F)nn1. The molecule has 0 saturated heterocycles. The molecule has 1 amide bonds. The zero-order valence-corrected chi connectivity index (χ0v) is 9.65. The van der Waals surface area contributed by atoms with Gasteiger partial charge in [0.25, 0.3) is 0 Å². The third kappa shape index (κ3) is 6.38. The van der Waals surface area contributed by atoms with E-state index < -0.39 is 30.9 Å². The van der Waals surface area contributed by atoms with E-state index in [9.17, 15) is 22.8 Å². The summed E-state index contributed by atoms with van der Waals surface area (Å²) in [4.78, 5) is 21.4. The van der Waals surface area contributed by atoms with Crippen LogP contribution in [0.4, 0.5) is 13.2 Å². The van der Waals surface area contributed by atoms with Crippen LogP contribution in [-0.4, -0.2) is 38.2 Å². The number of nitrogens with zero attached hydrogens (tertiary/aromatic N) is 3. The first-order chi connectivity index (χ1) is 8.76. The number of carbonyl (C=O) groups excluding carboxylic acids is 1. The van der Waals surface area contributed by atoms with E-state index in [1.165, 1.54) is 6.20 Å². The van der Waals surface area contributed by atoms with E-state index in [-0.39, 0.29) is 18.8 Å². The molecule has 0 aliphatic carbocycles. The van der Waals surface area contributed by atoms with Gasteiger partial charge >= 0.3 is 12.1 Å². The fraction of sp³-hybridized carbons (Fsp3) is 0.556. The van der Waals surface area contributed by atoms with Gasteiger partial charge in [0.2, 0.25) is 5.91 Å². The van der Waals surface area contributed by atoms with Gasteiger partial charge < -0.3 is 10.4 Å². The van der Waals surface area contributed by atoms with E-state index in [1.54, 1.807) is 0 Å². The fourth-order valence-electron chi connectivity index (χ4n) is 1.17. The van der Waals surface area contributed by atoms with Crippen molar-refractivity contribution in [2.45, 2.75) is 32.1 Å². The summed E-state index contributed by atoms with van der Waals surface area (Å²) in [5, 5.41) is 17.7. The number of alkyl halides is 3. The molecular weight excluding hydrogens is 269 g/mol. The highest BCUT2D eigenvalue weighted by atomic mass is 19.4. The van der Waals surface area contributed by atoms with Crippen LogP contribution >= 0.6 is 0 Å². The summed E-state index contributed by atoms with van der Waals surface area (Å²) >= 11 is 0. The van der Waals surface area contributed by atoms with Gasteiger partial charge in [0, 0.05) is 6.42 Å². The summed E-state index contributed by atoms with van der Waals surface area (Å²) in [7, 11) is 0. The lowest BCUT2D eigenvalue weighted by Gasteiger charge is -2.05. The van der Waals surface area contributed by atoms with Gasteiger partial charge in [0.05, 0.1) is 19.2 Å². The van der Waals surface area contributed by atoms with E-state index in [2.05, 4.69) is 15.6 Å². The van der Waals surface area contributed by atoms with Crippen LogP contribution in [0.15, 0.2) is 6.20 Å². The van der Waals surface area contributed by atoms with Gasteiger partial charge in [-0.1, -0.05) is 5.21 Å². The Hall–Kier alpha value is -2.13. The number of carboxylic acids is 1. The molecule has 19 heavy (non-hydrogen) atoms. The second kappa shape index (κ2) is 6.16. The molecule has 106 valence electrons. The third-order valence-electron chi connectivity index (χ3n) is 1.99. The highest BCUT2D eigenvalue weighted by Crippen LogP contribution is 2.20. The van der Waals surface area contributed by atoms with Crippen LogP contribution in [0.25, 0.3) is 0 Å². The Morgan fingerprint density at radius 3 is 2.68 bits per heavy atom. The van der Waals surface area contributed by atoms with Crippen LogP contribution in [0, 0.1) is 0 Å². The minimum Gasteiger partial charge on any atom is -0.480 e. The molecular formula is C9H11F3N4O3. The molecule has 0 unspecified atom stereocenters.